The van der Waals surface area contributed by atoms with Crippen LogP contribution in [-0.4, -0.2) is 18.6 Å². The van der Waals surface area contributed by atoms with Crippen LogP contribution >= 0.6 is 11.3 Å². The highest BCUT2D eigenvalue weighted by atomic mass is 32.1. The van der Waals surface area contributed by atoms with Gasteiger partial charge in [0.1, 0.15) is 5.75 Å². The molecule has 1 atom stereocenters. The summed E-state index contributed by atoms with van der Waals surface area (Å²) >= 11 is 1.74. The summed E-state index contributed by atoms with van der Waals surface area (Å²) in [6.45, 7) is 5.20. The molecule has 0 aliphatic carbocycles. The Morgan fingerprint density at radius 2 is 2.26 bits per heavy atom. The van der Waals surface area contributed by atoms with Crippen molar-refractivity contribution in [2.24, 2.45) is 0 Å². The fourth-order valence-electron chi connectivity index (χ4n) is 2.00. The van der Waals surface area contributed by atoms with E-state index >= 15 is 0 Å². The zero-order chi connectivity index (χ0) is 13.7. The van der Waals surface area contributed by atoms with Crippen molar-refractivity contribution in [3.8, 4) is 5.75 Å². The van der Waals surface area contributed by atoms with Gasteiger partial charge in [-0.3, -0.25) is 0 Å². The van der Waals surface area contributed by atoms with Crippen LogP contribution in [0.2, 0.25) is 0 Å². The largest absolute Gasteiger partial charge is 0.497 e. The summed E-state index contributed by atoms with van der Waals surface area (Å²) < 4.78 is 5.31. The lowest BCUT2D eigenvalue weighted by Crippen LogP contribution is -2.22. The van der Waals surface area contributed by atoms with Crippen LogP contribution in [-0.2, 0) is 0 Å². The third kappa shape index (κ3) is 3.55. The standard InChI is InChI=1S/C15H20N2OS/c1-4-8-16-15(14-10-17-11(2)19-14)12-6-5-7-13(9-12)18-3/h5-7,9-10,15-16H,4,8H2,1-3H3. The van der Waals surface area contributed by atoms with E-state index in [1.54, 1.807) is 18.4 Å². The van der Waals surface area contributed by atoms with E-state index in [9.17, 15) is 0 Å². The average molecular weight is 276 g/mol. The van der Waals surface area contributed by atoms with Gasteiger partial charge in [-0.1, -0.05) is 19.1 Å². The van der Waals surface area contributed by atoms with E-state index in [2.05, 4.69) is 29.4 Å². The van der Waals surface area contributed by atoms with Gasteiger partial charge in [0.25, 0.3) is 0 Å². The van der Waals surface area contributed by atoms with Gasteiger partial charge in [-0.05, 0) is 37.6 Å². The van der Waals surface area contributed by atoms with Crippen molar-refractivity contribution in [3.63, 3.8) is 0 Å². The predicted octanol–water partition coefficient (Wildman–Crippen LogP) is 3.55. The summed E-state index contributed by atoms with van der Waals surface area (Å²) in [6, 6.07) is 8.41. The van der Waals surface area contributed by atoms with E-state index in [4.69, 9.17) is 4.74 Å². The minimum Gasteiger partial charge on any atom is -0.497 e. The maximum absolute atomic E-state index is 5.31. The third-order valence-electron chi connectivity index (χ3n) is 2.95. The molecule has 0 aliphatic heterocycles. The highest BCUT2D eigenvalue weighted by Gasteiger charge is 2.16. The molecule has 0 spiro atoms. The number of ether oxygens (including phenoxy) is 1. The molecule has 0 radical (unpaired) electrons. The summed E-state index contributed by atoms with van der Waals surface area (Å²) in [5.74, 6) is 0.891. The number of aromatic nitrogens is 1. The zero-order valence-corrected chi connectivity index (χ0v) is 12.5. The maximum Gasteiger partial charge on any atom is 0.119 e. The Balaban J connectivity index is 2.30. The first-order valence-electron chi connectivity index (χ1n) is 6.54. The van der Waals surface area contributed by atoms with Crippen molar-refractivity contribution in [3.05, 3.63) is 45.9 Å². The molecule has 2 rings (SSSR count). The van der Waals surface area contributed by atoms with Crippen LogP contribution in [0, 0.1) is 6.92 Å². The summed E-state index contributed by atoms with van der Waals surface area (Å²) in [5.41, 5.74) is 1.22. The molecule has 0 saturated heterocycles. The van der Waals surface area contributed by atoms with Gasteiger partial charge in [-0.15, -0.1) is 11.3 Å². The fourth-order valence-corrected chi connectivity index (χ4v) is 2.89. The molecule has 0 saturated carbocycles. The molecule has 1 heterocycles. The molecular weight excluding hydrogens is 256 g/mol. The number of nitrogens with zero attached hydrogens (tertiary/aromatic N) is 1. The van der Waals surface area contributed by atoms with Crippen LogP contribution in [0.4, 0.5) is 0 Å². The third-order valence-corrected chi connectivity index (χ3v) is 3.93. The number of aryl methyl sites for hydroxylation is 1. The van der Waals surface area contributed by atoms with Gasteiger partial charge in [0.05, 0.1) is 18.2 Å². The minimum atomic E-state index is 0.196. The Hall–Kier alpha value is -1.39. The molecule has 4 heteroatoms. The predicted molar refractivity (Wildman–Crippen MR) is 80.0 cm³/mol. The molecule has 19 heavy (non-hydrogen) atoms. The van der Waals surface area contributed by atoms with Crippen molar-refractivity contribution in [1.82, 2.24) is 10.3 Å². The van der Waals surface area contributed by atoms with Gasteiger partial charge >= 0.3 is 0 Å². The van der Waals surface area contributed by atoms with E-state index in [0.717, 1.165) is 23.7 Å². The average Bonchev–Trinajstić information content (AvgIpc) is 2.86. The van der Waals surface area contributed by atoms with Gasteiger partial charge in [0, 0.05) is 11.1 Å². The normalized spacial score (nSPS) is 12.4. The van der Waals surface area contributed by atoms with Crippen molar-refractivity contribution in [2.75, 3.05) is 13.7 Å². The number of benzene rings is 1. The molecule has 0 amide bonds. The van der Waals surface area contributed by atoms with Crippen molar-refractivity contribution in [2.45, 2.75) is 26.3 Å². The van der Waals surface area contributed by atoms with Crippen LogP contribution in [0.1, 0.15) is 34.8 Å². The van der Waals surface area contributed by atoms with E-state index in [1.807, 2.05) is 25.3 Å². The summed E-state index contributed by atoms with van der Waals surface area (Å²) in [5, 5.41) is 4.68. The lowest BCUT2D eigenvalue weighted by Gasteiger charge is -2.18. The number of thiazole rings is 1. The fraction of sp³-hybridized carbons (Fsp3) is 0.400. The number of rotatable bonds is 6. The van der Waals surface area contributed by atoms with E-state index < -0.39 is 0 Å². The van der Waals surface area contributed by atoms with Crippen LogP contribution in [0.15, 0.2) is 30.5 Å². The van der Waals surface area contributed by atoms with E-state index in [-0.39, 0.29) is 6.04 Å². The van der Waals surface area contributed by atoms with Crippen LogP contribution < -0.4 is 10.1 Å². The van der Waals surface area contributed by atoms with E-state index in [0.29, 0.717) is 0 Å². The highest BCUT2D eigenvalue weighted by Crippen LogP contribution is 2.28. The first-order valence-corrected chi connectivity index (χ1v) is 7.36. The van der Waals surface area contributed by atoms with Crippen molar-refractivity contribution in [1.29, 1.82) is 0 Å². The molecule has 1 N–H and O–H groups in total. The van der Waals surface area contributed by atoms with Gasteiger partial charge in [-0.25, -0.2) is 4.98 Å². The minimum absolute atomic E-state index is 0.196. The second-order valence-corrected chi connectivity index (χ2v) is 5.71. The van der Waals surface area contributed by atoms with Gasteiger partial charge in [0.2, 0.25) is 0 Å². The van der Waals surface area contributed by atoms with Gasteiger partial charge < -0.3 is 10.1 Å². The van der Waals surface area contributed by atoms with Crippen molar-refractivity contribution >= 4 is 11.3 Å². The van der Waals surface area contributed by atoms with Crippen LogP contribution in [0.3, 0.4) is 0 Å². The van der Waals surface area contributed by atoms with Gasteiger partial charge in [-0.2, -0.15) is 0 Å². The topological polar surface area (TPSA) is 34.1 Å². The Kier molecular flexibility index (Phi) is 4.93. The second-order valence-electron chi connectivity index (χ2n) is 4.45. The molecule has 0 fully saturated rings. The molecule has 1 aromatic carbocycles. The summed E-state index contributed by atoms with van der Waals surface area (Å²) in [7, 11) is 1.70. The number of nitrogens with one attached hydrogen (secondary N) is 1. The van der Waals surface area contributed by atoms with Crippen LogP contribution in [0.25, 0.3) is 0 Å². The first kappa shape index (κ1) is 14.0. The Labute approximate surface area is 118 Å². The van der Waals surface area contributed by atoms with Gasteiger partial charge in [0.15, 0.2) is 0 Å². The summed E-state index contributed by atoms with van der Waals surface area (Å²) in [6.07, 6.45) is 3.07. The Bertz CT molecular complexity index is 524. The lowest BCUT2D eigenvalue weighted by molar-refractivity contribution is 0.413. The molecule has 0 bridgehead atoms. The maximum atomic E-state index is 5.31. The number of methoxy groups -OCH3 is 1. The quantitative estimate of drug-likeness (QED) is 0.876. The molecule has 0 aliphatic rings. The second kappa shape index (κ2) is 6.68. The van der Waals surface area contributed by atoms with Crippen molar-refractivity contribution < 1.29 is 4.74 Å². The zero-order valence-electron chi connectivity index (χ0n) is 11.6. The monoisotopic (exact) mass is 276 g/mol. The molecule has 1 aromatic heterocycles. The molecular formula is C15H20N2OS. The first-order chi connectivity index (χ1) is 9.24. The number of hydrogen-bond acceptors (Lipinski definition) is 4. The Morgan fingerprint density at radius 3 is 2.89 bits per heavy atom. The molecule has 3 nitrogen and oxygen atoms in total. The molecule has 102 valence electrons. The SMILES string of the molecule is CCCNC(c1cccc(OC)c1)c1cnc(C)s1. The lowest BCUT2D eigenvalue weighted by atomic mass is 10.1. The Morgan fingerprint density at radius 1 is 1.42 bits per heavy atom. The number of hydrogen-bond donors (Lipinski definition) is 1. The molecule has 2 aromatic rings. The highest BCUT2D eigenvalue weighted by molar-refractivity contribution is 7.11. The molecule has 1 unspecified atom stereocenters. The van der Waals surface area contributed by atoms with Crippen LogP contribution in [0.5, 0.6) is 5.75 Å². The smallest absolute Gasteiger partial charge is 0.119 e. The summed E-state index contributed by atoms with van der Waals surface area (Å²) in [4.78, 5) is 5.61. The van der Waals surface area contributed by atoms with E-state index in [1.165, 1.54) is 10.4 Å².